The summed E-state index contributed by atoms with van der Waals surface area (Å²) >= 11 is 6.14. The molecule has 2 heterocycles. The molecule has 1 unspecified atom stereocenters. The van der Waals surface area contributed by atoms with Gasteiger partial charge in [0.25, 0.3) is 0 Å². The summed E-state index contributed by atoms with van der Waals surface area (Å²) in [5, 5.41) is 0.604. The minimum Gasteiger partial charge on any atom is -0.450 e. The van der Waals surface area contributed by atoms with E-state index in [1.807, 2.05) is 18.2 Å². The molecule has 2 aliphatic heterocycles. The number of piperazine rings is 1. The van der Waals surface area contributed by atoms with E-state index in [-0.39, 0.29) is 12.1 Å². The predicted octanol–water partition coefficient (Wildman–Crippen LogP) is 4.98. The van der Waals surface area contributed by atoms with Crippen LogP contribution in [0.5, 0.6) is 0 Å². The third-order valence-electron chi connectivity index (χ3n) is 6.61. The van der Waals surface area contributed by atoms with Gasteiger partial charge in [0.15, 0.2) is 0 Å². The first-order valence-corrected chi connectivity index (χ1v) is 12.9. The highest BCUT2D eigenvalue weighted by Crippen LogP contribution is 2.37. The SMILES string of the molecule is CCN1CCN(C)CC1.CCOC(=O)N1CCC(c2cc(Cl)ccc2N)=CC1c1cccc(C=O)c1. The molecule has 2 aliphatic rings. The molecule has 194 valence electrons. The maximum atomic E-state index is 12.5. The van der Waals surface area contributed by atoms with Crippen LogP contribution in [0.1, 0.15) is 47.8 Å². The van der Waals surface area contributed by atoms with Crippen molar-refractivity contribution in [3.05, 3.63) is 70.3 Å². The van der Waals surface area contributed by atoms with Gasteiger partial charge in [-0.05, 0) is 62.3 Å². The van der Waals surface area contributed by atoms with Gasteiger partial charge in [0.05, 0.1) is 12.6 Å². The first kappa shape index (κ1) is 27.7. The van der Waals surface area contributed by atoms with Crippen LogP contribution in [-0.4, -0.2) is 80.0 Å². The smallest absolute Gasteiger partial charge is 0.410 e. The van der Waals surface area contributed by atoms with Crippen molar-refractivity contribution in [2.45, 2.75) is 26.3 Å². The molecule has 0 bridgehead atoms. The van der Waals surface area contributed by atoms with Gasteiger partial charge in [0, 0.05) is 54.6 Å². The summed E-state index contributed by atoms with van der Waals surface area (Å²) in [5.41, 5.74) is 10.0. The lowest BCUT2D eigenvalue weighted by molar-refractivity contribution is 0.0968. The Hall–Kier alpha value is -2.87. The van der Waals surface area contributed by atoms with Gasteiger partial charge in [0.1, 0.15) is 6.29 Å². The lowest BCUT2D eigenvalue weighted by atomic mass is 9.91. The summed E-state index contributed by atoms with van der Waals surface area (Å²) in [7, 11) is 2.19. The lowest BCUT2D eigenvalue weighted by Gasteiger charge is -2.34. The van der Waals surface area contributed by atoms with Gasteiger partial charge in [-0.3, -0.25) is 9.69 Å². The van der Waals surface area contributed by atoms with E-state index in [0.29, 0.717) is 35.8 Å². The Morgan fingerprint density at radius 1 is 1.11 bits per heavy atom. The Labute approximate surface area is 219 Å². The van der Waals surface area contributed by atoms with Crippen LogP contribution in [0.3, 0.4) is 0 Å². The number of benzene rings is 2. The van der Waals surface area contributed by atoms with Crippen molar-refractivity contribution in [2.24, 2.45) is 0 Å². The molecule has 2 N–H and O–H groups in total. The number of hydrogen-bond donors (Lipinski definition) is 1. The first-order chi connectivity index (χ1) is 17.4. The molecular formula is C28H37ClN4O3. The molecule has 1 amide bonds. The van der Waals surface area contributed by atoms with Crippen LogP contribution >= 0.6 is 11.6 Å². The van der Waals surface area contributed by atoms with Crippen molar-refractivity contribution in [1.29, 1.82) is 0 Å². The second kappa shape index (κ2) is 13.4. The second-order valence-corrected chi connectivity index (χ2v) is 9.47. The van der Waals surface area contributed by atoms with Crippen molar-refractivity contribution in [3.63, 3.8) is 0 Å². The van der Waals surface area contributed by atoms with Crippen LogP contribution in [0.2, 0.25) is 5.02 Å². The van der Waals surface area contributed by atoms with E-state index >= 15 is 0 Å². The maximum Gasteiger partial charge on any atom is 0.410 e. The van der Waals surface area contributed by atoms with Crippen molar-refractivity contribution < 1.29 is 14.3 Å². The number of halogens is 1. The summed E-state index contributed by atoms with van der Waals surface area (Å²) < 4.78 is 5.22. The molecule has 2 aromatic rings. The van der Waals surface area contributed by atoms with E-state index < -0.39 is 0 Å². The van der Waals surface area contributed by atoms with Crippen molar-refractivity contribution in [1.82, 2.24) is 14.7 Å². The number of hydrogen-bond acceptors (Lipinski definition) is 6. The monoisotopic (exact) mass is 512 g/mol. The Balaban J connectivity index is 0.000000338. The number of nitrogens with two attached hydrogens (primary N) is 1. The number of nitrogen functional groups attached to an aromatic ring is 1. The molecule has 0 saturated carbocycles. The molecule has 7 nitrogen and oxygen atoms in total. The van der Waals surface area contributed by atoms with Gasteiger partial charge in [-0.25, -0.2) is 4.79 Å². The molecule has 4 rings (SSSR count). The summed E-state index contributed by atoms with van der Waals surface area (Å²) in [6.07, 6.45) is 3.04. The van der Waals surface area contributed by atoms with Gasteiger partial charge >= 0.3 is 6.09 Å². The quantitative estimate of drug-likeness (QED) is 0.450. The molecular weight excluding hydrogens is 476 g/mol. The highest BCUT2D eigenvalue weighted by Gasteiger charge is 2.29. The summed E-state index contributed by atoms with van der Waals surface area (Å²) in [6.45, 7) is 11.0. The Kier molecular flexibility index (Phi) is 10.3. The molecule has 1 atom stereocenters. The first-order valence-electron chi connectivity index (χ1n) is 12.5. The average molecular weight is 513 g/mol. The van der Waals surface area contributed by atoms with Gasteiger partial charge in [-0.2, -0.15) is 0 Å². The molecule has 0 radical (unpaired) electrons. The van der Waals surface area contributed by atoms with E-state index in [4.69, 9.17) is 22.1 Å². The summed E-state index contributed by atoms with van der Waals surface area (Å²) in [5.74, 6) is 0. The van der Waals surface area contributed by atoms with E-state index in [0.717, 1.165) is 23.0 Å². The Bertz CT molecular complexity index is 1070. The minimum absolute atomic E-state index is 0.300. The van der Waals surface area contributed by atoms with Gasteiger partial charge in [0.2, 0.25) is 0 Å². The fourth-order valence-electron chi connectivity index (χ4n) is 4.44. The third-order valence-corrected chi connectivity index (χ3v) is 6.85. The number of rotatable bonds is 5. The number of aldehydes is 1. The van der Waals surface area contributed by atoms with Crippen molar-refractivity contribution >= 4 is 35.2 Å². The van der Waals surface area contributed by atoms with Crippen LogP contribution in [0, 0.1) is 0 Å². The number of amides is 1. The number of carbonyl (C=O) groups excluding carboxylic acids is 2. The molecule has 1 saturated heterocycles. The highest BCUT2D eigenvalue weighted by molar-refractivity contribution is 6.30. The fourth-order valence-corrected chi connectivity index (χ4v) is 4.61. The van der Waals surface area contributed by atoms with Gasteiger partial charge in [-0.1, -0.05) is 42.8 Å². The zero-order chi connectivity index (χ0) is 26.1. The zero-order valence-corrected chi connectivity index (χ0v) is 22.2. The van der Waals surface area contributed by atoms with Gasteiger partial charge < -0.3 is 20.3 Å². The zero-order valence-electron chi connectivity index (χ0n) is 21.5. The third kappa shape index (κ3) is 7.32. The molecule has 8 heteroatoms. The number of ether oxygens (including phenoxy) is 1. The fraction of sp³-hybridized carbons (Fsp3) is 0.429. The summed E-state index contributed by atoms with van der Waals surface area (Å²) in [4.78, 5) is 30.2. The van der Waals surface area contributed by atoms with Crippen molar-refractivity contribution in [2.75, 3.05) is 58.7 Å². The predicted molar refractivity (Wildman–Crippen MR) is 146 cm³/mol. The minimum atomic E-state index is -0.381. The highest BCUT2D eigenvalue weighted by atomic mass is 35.5. The molecule has 0 aromatic heterocycles. The normalized spacial score (nSPS) is 18.6. The van der Waals surface area contributed by atoms with E-state index in [9.17, 15) is 9.59 Å². The average Bonchev–Trinajstić information content (AvgIpc) is 2.90. The lowest BCUT2D eigenvalue weighted by Crippen LogP contribution is -2.44. The molecule has 0 spiro atoms. The Morgan fingerprint density at radius 2 is 1.86 bits per heavy atom. The standard InChI is InChI=1S/C21H21ClN2O3.C7H16N2/c1-2-27-21(26)24-9-8-15(18-12-17(22)6-7-19(18)23)11-20(24)16-5-3-4-14(10-16)13-25;1-3-9-6-4-8(2)5-7-9/h3-7,10-13,20H,2,8-9,23H2,1H3;3-7H2,1-2H3. The van der Waals surface area contributed by atoms with Crippen LogP contribution in [-0.2, 0) is 4.74 Å². The molecule has 1 fully saturated rings. The van der Waals surface area contributed by atoms with E-state index in [1.165, 1.54) is 32.7 Å². The molecule has 0 aliphatic carbocycles. The number of likely N-dealkylation sites (N-methyl/N-ethyl adjacent to an activating group) is 2. The van der Waals surface area contributed by atoms with Crippen molar-refractivity contribution in [3.8, 4) is 0 Å². The number of carbonyl (C=O) groups is 2. The molecule has 36 heavy (non-hydrogen) atoms. The molecule has 2 aromatic carbocycles. The van der Waals surface area contributed by atoms with Crippen LogP contribution in [0.4, 0.5) is 10.5 Å². The number of nitrogens with zero attached hydrogens (tertiary/aromatic N) is 3. The van der Waals surface area contributed by atoms with Crippen LogP contribution < -0.4 is 5.73 Å². The second-order valence-electron chi connectivity index (χ2n) is 9.04. The van der Waals surface area contributed by atoms with E-state index in [2.05, 4.69) is 23.8 Å². The maximum absolute atomic E-state index is 12.5. The Morgan fingerprint density at radius 3 is 2.53 bits per heavy atom. The van der Waals surface area contributed by atoms with Crippen LogP contribution in [0.25, 0.3) is 5.57 Å². The topological polar surface area (TPSA) is 79.1 Å². The summed E-state index contributed by atoms with van der Waals surface area (Å²) in [6, 6.07) is 12.2. The van der Waals surface area contributed by atoms with E-state index in [1.54, 1.807) is 42.2 Å². The largest absolute Gasteiger partial charge is 0.450 e. The van der Waals surface area contributed by atoms with Crippen LogP contribution in [0.15, 0.2) is 48.5 Å². The van der Waals surface area contributed by atoms with Gasteiger partial charge in [-0.15, -0.1) is 0 Å². The number of anilines is 1.